The smallest absolute Gasteiger partial charge is 0.337 e. The highest BCUT2D eigenvalue weighted by atomic mass is 19.4. The Hall–Kier alpha value is -1.63. The van der Waals surface area contributed by atoms with E-state index < -0.39 is 17.2 Å². The van der Waals surface area contributed by atoms with Gasteiger partial charge in [-0.2, -0.15) is 13.2 Å². The number of carbonyl (C=O) groups is 1. The van der Waals surface area contributed by atoms with E-state index in [1.165, 1.54) is 6.07 Å². The van der Waals surface area contributed by atoms with Crippen molar-refractivity contribution in [1.82, 2.24) is 14.8 Å². The van der Waals surface area contributed by atoms with E-state index in [-0.39, 0.29) is 23.8 Å². The van der Waals surface area contributed by atoms with E-state index in [4.69, 9.17) is 0 Å². The third-order valence-electron chi connectivity index (χ3n) is 7.15. The lowest BCUT2D eigenvalue weighted by molar-refractivity contribution is -0.146. The topological polar surface area (TPSA) is 36.4 Å². The Morgan fingerprint density at radius 2 is 2.00 bits per heavy atom. The van der Waals surface area contributed by atoms with Crippen LogP contribution in [0.4, 0.5) is 13.2 Å². The van der Waals surface area contributed by atoms with Gasteiger partial charge in [0.25, 0.3) is 0 Å². The van der Waals surface area contributed by atoms with Crippen LogP contribution in [0.2, 0.25) is 0 Å². The van der Waals surface area contributed by atoms with Gasteiger partial charge in [-0.25, -0.2) is 0 Å². The van der Waals surface area contributed by atoms with Gasteiger partial charge in [0.05, 0.1) is 11.0 Å². The van der Waals surface area contributed by atoms with Gasteiger partial charge in [-0.15, -0.1) is 0 Å². The lowest BCUT2D eigenvalue weighted by Crippen LogP contribution is -2.48. The zero-order valence-corrected chi connectivity index (χ0v) is 20.4. The maximum absolute atomic E-state index is 13.8. The van der Waals surface area contributed by atoms with Gasteiger partial charge >= 0.3 is 6.18 Å². The third-order valence-corrected chi connectivity index (χ3v) is 7.15. The molecule has 2 aliphatic rings. The molecule has 1 aliphatic heterocycles. The fraction of sp³-hybridized carbons (Fsp3) is 0.760. The van der Waals surface area contributed by atoms with E-state index >= 15 is 0 Å². The van der Waals surface area contributed by atoms with Gasteiger partial charge < -0.3 is 9.80 Å². The van der Waals surface area contributed by atoms with Crippen molar-refractivity contribution in [3.8, 4) is 0 Å². The minimum absolute atomic E-state index is 0.108. The Balaban J connectivity index is 1.74. The van der Waals surface area contributed by atoms with Gasteiger partial charge in [-0.1, -0.05) is 34.6 Å². The number of carbonyl (C=O) groups excluding carboxylic acids is 1. The van der Waals surface area contributed by atoms with Crippen LogP contribution in [-0.4, -0.2) is 47.4 Å². The molecule has 0 spiro atoms. The molecule has 180 valence electrons. The molecule has 1 amide bonds. The Bertz CT molecular complexity index is 831. The molecule has 7 heteroatoms. The lowest BCUT2D eigenvalue weighted by atomic mass is 9.73. The van der Waals surface area contributed by atoms with E-state index in [2.05, 4.69) is 51.6 Å². The number of amides is 1. The standard InChI is InChI=1S/C25H38F3N3O/c1-17(2)24(9-7-18(12-24)14-30(6)16-23(3,4)5)22(32)31-10-8-21-19(15-31)11-20(13-29-21)25(26,27)28/h11,13,17-18H,7-10,12,14-16H2,1-6H3/t18-,24+/m1/s1. The SMILES string of the molecule is CC(C)[C@]1(C(=O)N2CCc3ncc(C(F)(F)F)cc3C2)CC[C@@H](CN(C)CC(C)(C)C)C1. The second-order valence-corrected chi connectivity index (χ2v) is 11.5. The molecule has 1 aliphatic carbocycles. The van der Waals surface area contributed by atoms with Crippen LogP contribution in [0.3, 0.4) is 0 Å². The summed E-state index contributed by atoms with van der Waals surface area (Å²) >= 11 is 0. The fourth-order valence-electron chi connectivity index (χ4n) is 5.69. The Morgan fingerprint density at radius 3 is 2.59 bits per heavy atom. The summed E-state index contributed by atoms with van der Waals surface area (Å²) in [5, 5.41) is 0. The summed E-state index contributed by atoms with van der Waals surface area (Å²) in [6, 6.07) is 1.17. The minimum Gasteiger partial charge on any atom is -0.337 e. The van der Waals surface area contributed by atoms with Gasteiger partial charge in [-0.05, 0) is 55.2 Å². The summed E-state index contributed by atoms with van der Waals surface area (Å²) in [6.07, 6.45) is -0.301. The summed E-state index contributed by atoms with van der Waals surface area (Å²) < 4.78 is 39.5. The summed E-state index contributed by atoms with van der Waals surface area (Å²) in [4.78, 5) is 22.0. The van der Waals surface area contributed by atoms with Crippen LogP contribution in [0.15, 0.2) is 12.3 Å². The number of alkyl halides is 3. The Morgan fingerprint density at radius 1 is 1.31 bits per heavy atom. The molecule has 1 saturated carbocycles. The first-order valence-corrected chi connectivity index (χ1v) is 11.7. The van der Waals surface area contributed by atoms with Crippen molar-refractivity contribution in [1.29, 1.82) is 0 Å². The van der Waals surface area contributed by atoms with Gasteiger partial charge in [0.1, 0.15) is 0 Å². The molecule has 1 fully saturated rings. The molecule has 32 heavy (non-hydrogen) atoms. The van der Waals surface area contributed by atoms with E-state index in [0.717, 1.165) is 38.5 Å². The molecule has 3 rings (SSSR count). The van der Waals surface area contributed by atoms with Gasteiger partial charge in [0.2, 0.25) is 5.91 Å². The molecule has 1 aromatic rings. The van der Waals surface area contributed by atoms with Crippen molar-refractivity contribution in [2.45, 2.75) is 73.0 Å². The van der Waals surface area contributed by atoms with Crippen LogP contribution < -0.4 is 0 Å². The zero-order chi connectivity index (χ0) is 23.9. The van der Waals surface area contributed by atoms with E-state index in [0.29, 0.717) is 30.1 Å². The average molecular weight is 454 g/mol. The fourth-order valence-corrected chi connectivity index (χ4v) is 5.69. The molecular weight excluding hydrogens is 415 g/mol. The quantitative estimate of drug-likeness (QED) is 0.599. The van der Waals surface area contributed by atoms with E-state index in [9.17, 15) is 18.0 Å². The highest BCUT2D eigenvalue weighted by Crippen LogP contribution is 2.49. The number of halogens is 3. The van der Waals surface area contributed by atoms with Gasteiger partial charge in [0.15, 0.2) is 0 Å². The lowest BCUT2D eigenvalue weighted by Gasteiger charge is -2.40. The first-order valence-electron chi connectivity index (χ1n) is 11.7. The largest absolute Gasteiger partial charge is 0.417 e. The van der Waals surface area contributed by atoms with E-state index in [1.807, 2.05) is 0 Å². The van der Waals surface area contributed by atoms with Crippen LogP contribution in [0, 0.1) is 22.7 Å². The molecule has 0 bridgehead atoms. The van der Waals surface area contributed by atoms with Crippen molar-refractivity contribution in [2.24, 2.45) is 22.7 Å². The third kappa shape index (κ3) is 5.46. The molecular formula is C25H38F3N3O. The monoisotopic (exact) mass is 453 g/mol. The second kappa shape index (κ2) is 8.96. The predicted molar refractivity (Wildman–Crippen MR) is 120 cm³/mol. The van der Waals surface area contributed by atoms with Crippen LogP contribution in [0.5, 0.6) is 0 Å². The summed E-state index contributed by atoms with van der Waals surface area (Å²) in [5.74, 6) is 0.759. The number of aromatic nitrogens is 1. The number of hydrogen-bond donors (Lipinski definition) is 0. The van der Waals surface area contributed by atoms with E-state index in [1.54, 1.807) is 4.90 Å². The van der Waals surface area contributed by atoms with Crippen molar-refractivity contribution in [2.75, 3.05) is 26.7 Å². The summed E-state index contributed by atoms with van der Waals surface area (Å²) in [6.45, 7) is 13.6. The normalized spacial score (nSPS) is 24.3. The molecule has 4 nitrogen and oxygen atoms in total. The Kier molecular flexibility index (Phi) is 7.00. The second-order valence-electron chi connectivity index (χ2n) is 11.5. The highest BCUT2D eigenvalue weighted by molar-refractivity contribution is 5.83. The number of pyridine rings is 1. The number of rotatable bonds is 5. The zero-order valence-electron chi connectivity index (χ0n) is 20.4. The molecule has 0 aromatic carbocycles. The molecule has 0 saturated heterocycles. The molecule has 0 unspecified atom stereocenters. The minimum atomic E-state index is -4.43. The molecule has 0 radical (unpaired) electrons. The molecule has 1 aromatic heterocycles. The predicted octanol–water partition coefficient (Wildman–Crippen LogP) is 5.41. The number of hydrogen-bond acceptors (Lipinski definition) is 3. The highest BCUT2D eigenvalue weighted by Gasteiger charge is 2.49. The maximum atomic E-state index is 13.8. The number of fused-ring (bicyclic) bond motifs is 1. The first-order chi connectivity index (χ1) is 14.7. The van der Waals surface area contributed by atoms with Crippen molar-refractivity contribution < 1.29 is 18.0 Å². The van der Waals surface area contributed by atoms with Crippen molar-refractivity contribution in [3.05, 3.63) is 29.1 Å². The number of nitrogens with zero attached hydrogens (tertiary/aromatic N) is 3. The van der Waals surface area contributed by atoms with Crippen LogP contribution in [0.25, 0.3) is 0 Å². The Labute approximate surface area is 190 Å². The maximum Gasteiger partial charge on any atom is 0.417 e. The van der Waals surface area contributed by atoms with Crippen LogP contribution in [-0.2, 0) is 23.9 Å². The van der Waals surface area contributed by atoms with Gasteiger partial charge in [-0.3, -0.25) is 9.78 Å². The first kappa shape index (κ1) is 25.0. The molecule has 2 heterocycles. The molecule has 0 N–H and O–H groups in total. The summed E-state index contributed by atoms with van der Waals surface area (Å²) in [5.41, 5.74) is 0.251. The average Bonchev–Trinajstić information content (AvgIpc) is 3.09. The molecule has 2 atom stereocenters. The van der Waals surface area contributed by atoms with Gasteiger partial charge in [0, 0.05) is 44.5 Å². The van der Waals surface area contributed by atoms with Crippen LogP contribution >= 0.6 is 0 Å². The van der Waals surface area contributed by atoms with Crippen LogP contribution in [0.1, 0.15) is 70.7 Å². The van der Waals surface area contributed by atoms with Crippen molar-refractivity contribution in [3.63, 3.8) is 0 Å². The van der Waals surface area contributed by atoms with Crippen molar-refractivity contribution >= 4 is 5.91 Å². The summed E-state index contributed by atoms with van der Waals surface area (Å²) in [7, 11) is 2.15.